The summed E-state index contributed by atoms with van der Waals surface area (Å²) in [6.07, 6.45) is 5.12. The highest BCUT2D eigenvalue weighted by Crippen LogP contribution is 2.09. The third-order valence-electron chi connectivity index (χ3n) is 2.76. The summed E-state index contributed by atoms with van der Waals surface area (Å²) in [6.45, 7) is 3.12. The van der Waals surface area contributed by atoms with Gasteiger partial charge in [0.1, 0.15) is 5.82 Å². The molecule has 106 valence electrons. The Hall–Kier alpha value is -2.44. The number of nitrogen functional groups attached to an aromatic ring is 1. The van der Waals surface area contributed by atoms with E-state index in [0.29, 0.717) is 24.5 Å². The third-order valence-corrected chi connectivity index (χ3v) is 2.76. The lowest BCUT2D eigenvalue weighted by atomic mass is 10.1. The van der Waals surface area contributed by atoms with Crippen LogP contribution in [0, 0.1) is 0 Å². The van der Waals surface area contributed by atoms with Gasteiger partial charge in [0.2, 0.25) is 0 Å². The Morgan fingerprint density at radius 1 is 1.45 bits per heavy atom. The van der Waals surface area contributed by atoms with E-state index in [-0.39, 0.29) is 5.91 Å². The molecule has 0 spiro atoms. The molecule has 0 atom stereocenters. The average Bonchev–Trinajstić information content (AvgIpc) is 2.91. The second-order valence-corrected chi connectivity index (χ2v) is 4.44. The summed E-state index contributed by atoms with van der Waals surface area (Å²) < 4.78 is 1.66. The Kier molecular flexibility index (Phi) is 4.65. The minimum atomic E-state index is -0.156. The average molecular weight is 274 g/mol. The topological polar surface area (TPSA) is 98.7 Å². The van der Waals surface area contributed by atoms with Crippen molar-refractivity contribution in [3.05, 3.63) is 35.8 Å². The standard InChI is InChI=1S/C13H18N6O/c1-2-3-11-8-10(9-12(14)17-11)13(20)15-4-6-19-7-5-16-18-19/h5,7-9H,2-4,6H2,1H3,(H2,14,17)(H,15,20). The molecule has 0 saturated carbocycles. The number of aromatic nitrogens is 4. The minimum absolute atomic E-state index is 0.156. The number of aryl methyl sites for hydroxylation is 1. The molecule has 0 unspecified atom stereocenters. The molecule has 0 aliphatic heterocycles. The van der Waals surface area contributed by atoms with Crippen LogP contribution >= 0.6 is 0 Å². The van der Waals surface area contributed by atoms with Gasteiger partial charge in [-0.3, -0.25) is 9.48 Å². The van der Waals surface area contributed by atoms with Crippen molar-refractivity contribution < 1.29 is 4.79 Å². The van der Waals surface area contributed by atoms with Crippen molar-refractivity contribution in [3.63, 3.8) is 0 Å². The van der Waals surface area contributed by atoms with Crippen LogP contribution in [0.15, 0.2) is 24.5 Å². The quantitative estimate of drug-likeness (QED) is 0.805. The van der Waals surface area contributed by atoms with E-state index in [2.05, 4.69) is 27.5 Å². The van der Waals surface area contributed by atoms with Crippen molar-refractivity contribution >= 4 is 11.7 Å². The van der Waals surface area contributed by atoms with Crippen molar-refractivity contribution in [3.8, 4) is 0 Å². The number of hydrogen-bond acceptors (Lipinski definition) is 5. The predicted molar refractivity (Wildman–Crippen MR) is 75.0 cm³/mol. The van der Waals surface area contributed by atoms with Gasteiger partial charge in [0.15, 0.2) is 0 Å². The molecule has 2 aromatic heterocycles. The Balaban J connectivity index is 1.94. The largest absolute Gasteiger partial charge is 0.384 e. The van der Waals surface area contributed by atoms with Gasteiger partial charge >= 0.3 is 0 Å². The van der Waals surface area contributed by atoms with Crippen molar-refractivity contribution in [1.82, 2.24) is 25.3 Å². The molecule has 1 amide bonds. The lowest BCUT2D eigenvalue weighted by Crippen LogP contribution is -2.27. The van der Waals surface area contributed by atoms with Crippen LogP contribution in [0.3, 0.4) is 0 Å². The Morgan fingerprint density at radius 3 is 3.00 bits per heavy atom. The molecule has 0 saturated heterocycles. The number of anilines is 1. The van der Waals surface area contributed by atoms with Crippen LogP contribution in [0.1, 0.15) is 29.4 Å². The normalized spacial score (nSPS) is 10.4. The molecular weight excluding hydrogens is 256 g/mol. The van der Waals surface area contributed by atoms with Crippen LogP contribution < -0.4 is 11.1 Å². The maximum Gasteiger partial charge on any atom is 0.251 e. The smallest absolute Gasteiger partial charge is 0.251 e. The fourth-order valence-corrected chi connectivity index (χ4v) is 1.86. The number of nitrogens with one attached hydrogen (secondary N) is 1. The Morgan fingerprint density at radius 2 is 2.30 bits per heavy atom. The zero-order valence-electron chi connectivity index (χ0n) is 11.4. The van der Waals surface area contributed by atoms with Gasteiger partial charge in [-0.1, -0.05) is 18.6 Å². The van der Waals surface area contributed by atoms with E-state index in [1.54, 1.807) is 29.2 Å². The van der Waals surface area contributed by atoms with Crippen LogP contribution in [0.5, 0.6) is 0 Å². The van der Waals surface area contributed by atoms with Gasteiger partial charge in [0, 0.05) is 24.0 Å². The SMILES string of the molecule is CCCc1cc(C(=O)NCCn2ccnn2)cc(N)n1. The molecule has 20 heavy (non-hydrogen) atoms. The van der Waals surface area contributed by atoms with Crippen LogP contribution in [-0.4, -0.2) is 32.4 Å². The summed E-state index contributed by atoms with van der Waals surface area (Å²) in [5.41, 5.74) is 7.10. The van der Waals surface area contributed by atoms with E-state index in [0.717, 1.165) is 18.5 Å². The molecule has 2 rings (SSSR count). The molecule has 3 N–H and O–H groups in total. The van der Waals surface area contributed by atoms with E-state index >= 15 is 0 Å². The fourth-order valence-electron chi connectivity index (χ4n) is 1.86. The molecule has 2 aromatic rings. The Labute approximate surface area is 117 Å². The van der Waals surface area contributed by atoms with Crippen molar-refractivity contribution in [1.29, 1.82) is 0 Å². The zero-order valence-corrected chi connectivity index (χ0v) is 11.4. The summed E-state index contributed by atoms with van der Waals surface area (Å²) in [7, 11) is 0. The summed E-state index contributed by atoms with van der Waals surface area (Å²) in [6, 6.07) is 3.37. The number of nitrogens with zero attached hydrogens (tertiary/aromatic N) is 4. The van der Waals surface area contributed by atoms with Crippen molar-refractivity contribution in [2.75, 3.05) is 12.3 Å². The maximum atomic E-state index is 12.0. The highest BCUT2D eigenvalue weighted by Gasteiger charge is 2.08. The molecule has 7 heteroatoms. The van der Waals surface area contributed by atoms with Gasteiger partial charge in [0.25, 0.3) is 5.91 Å². The number of hydrogen-bond donors (Lipinski definition) is 2. The van der Waals surface area contributed by atoms with Gasteiger partial charge in [-0.15, -0.1) is 5.10 Å². The van der Waals surface area contributed by atoms with Crippen LogP contribution in [0.25, 0.3) is 0 Å². The molecule has 0 aliphatic carbocycles. The van der Waals surface area contributed by atoms with Crippen LogP contribution in [0.2, 0.25) is 0 Å². The highest BCUT2D eigenvalue weighted by atomic mass is 16.1. The predicted octanol–water partition coefficient (Wildman–Crippen LogP) is 0.638. The first-order valence-corrected chi connectivity index (χ1v) is 6.57. The van der Waals surface area contributed by atoms with E-state index < -0.39 is 0 Å². The number of carbonyl (C=O) groups excluding carboxylic acids is 1. The highest BCUT2D eigenvalue weighted by molar-refractivity contribution is 5.94. The second kappa shape index (κ2) is 6.65. The number of nitrogens with two attached hydrogens (primary N) is 1. The molecule has 0 radical (unpaired) electrons. The van der Waals surface area contributed by atoms with Gasteiger partial charge in [0.05, 0.1) is 12.7 Å². The molecule has 0 aromatic carbocycles. The van der Waals surface area contributed by atoms with Crippen LogP contribution in [0.4, 0.5) is 5.82 Å². The van der Waals surface area contributed by atoms with E-state index in [4.69, 9.17) is 5.73 Å². The molecule has 0 aliphatic rings. The summed E-state index contributed by atoms with van der Waals surface area (Å²) in [5.74, 6) is 0.217. The molecular formula is C13H18N6O. The third kappa shape index (κ3) is 3.78. The fraction of sp³-hybridized carbons (Fsp3) is 0.385. The van der Waals surface area contributed by atoms with E-state index in [9.17, 15) is 4.79 Å². The van der Waals surface area contributed by atoms with E-state index in [1.807, 2.05) is 0 Å². The first kappa shape index (κ1) is 14.0. The van der Waals surface area contributed by atoms with Gasteiger partial charge in [-0.25, -0.2) is 4.98 Å². The monoisotopic (exact) mass is 274 g/mol. The summed E-state index contributed by atoms with van der Waals surface area (Å²) in [5, 5.41) is 10.3. The first-order valence-electron chi connectivity index (χ1n) is 6.57. The molecule has 0 fully saturated rings. The lowest BCUT2D eigenvalue weighted by Gasteiger charge is -2.07. The Bertz CT molecular complexity index is 566. The second-order valence-electron chi connectivity index (χ2n) is 4.44. The molecule has 2 heterocycles. The summed E-state index contributed by atoms with van der Waals surface area (Å²) in [4.78, 5) is 16.2. The molecule has 7 nitrogen and oxygen atoms in total. The summed E-state index contributed by atoms with van der Waals surface area (Å²) >= 11 is 0. The van der Waals surface area contributed by atoms with Crippen molar-refractivity contribution in [2.24, 2.45) is 0 Å². The van der Waals surface area contributed by atoms with E-state index in [1.165, 1.54) is 0 Å². The molecule has 0 bridgehead atoms. The van der Waals surface area contributed by atoms with Gasteiger partial charge in [-0.05, 0) is 18.6 Å². The first-order chi connectivity index (χ1) is 9.69. The number of pyridine rings is 1. The number of rotatable bonds is 6. The zero-order chi connectivity index (χ0) is 14.4. The minimum Gasteiger partial charge on any atom is -0.384 e. The van der Waals surface area contributed by atoms with Gasteiger partial charge < -0.3 is 11.1 Å². The number of amides is 1. The van der Waals surface area contributed by atoms with Gasteiger partial charge in [-0.2, -0.15) is 0 Å². The maximum absolute atomic E-state index is 12.0. The van der Waals surface area contributed by atoms with Crippen molar-refractivity contribution in [2.45, 2.75) is 26.3 Å². The number of carbonyl (C=O) groups is 1. The lowest BCUT2D eigenvalue weighted by molar-refractivity contribution is 0.0951. The van der Waals surface area contributed by atoms with Crippen LogP contribution in [-0.2, 0) is 13.0 Å².